The van der Waals surface area contributed by atoms with E-state index >= 15 is 0 Å². The zero-order valence-corrected chi connectivity index (χ0v) is 30.5. The maximum absolute atomic E-state index is 12.3. The predicted molar refractivity (Wildman–Crippen MR) is 202 cm³/mol. The molecule has 0 atom stereocenters. The molecule has 0 spiro atoms. The van der Waals surface area contributed by atoms with Crippen LogP contribution in [0.5, 0.6) is 34.5 Å². The van der Waals surface area contributed by atoms with Gasteiger partial charge in [-0.25, -0.2) is 0 Å². The highest BCUT2D eigenvalue weighted by atomic mass is 16.7. The molecule has 7 rings (SSSR count). The van der Waals surface area contributed by atoms with Crippen LogP contribution in [0.3, 0.4) is 0 Å². The quantitative estimate of drug-likeness (QED) is 0.0887. The van der Waals surface area contributed by atoms with Crippen LogP contribution in [0.15, 0.2) is 84.9 Å². The summed E-state index contributed by atoms with van der Waals surface area (Å²) < 4.78 is 32.8. The van der Waals surface area contributed by atoms with Gasteiger partial charge in [0, 0.05) is 0 Å². The van der Waals surface area contributed by atoms with Gasteiger partial charge in [-0.3, -0.25) is 9.59 Å². The lowest BCUT2D eigenvalue weighted by atomic mass is 9.91. The largest absolute Gasteiger partial charge is 0.493 e. The van der Waals surface area contributed by atoms with Crippen LogP contribution in [0, 0.1) is 10.8 Å². The third-order valence-corrected chi connectivity index (χ3v) is 9.82. The highest BCUT2D eigenvalue weighted by Gasteiger charge is 2.28. The number of rotatable bonds is 8. The van der Waals surface area contributed by atoms with E-state index < -0.39 is 10.8 Å². The molecule has 264 valence electrons. The molecule has 0 N–H and O–H groups in total. The second kappa shape index (κ2) is 14.0. The number of ether oxygens (including phenoxy) is 6. The summed E-state index contributed by atoms with van der Waals surface area (Å²) in [5.41, 5.74) is -0.988. The number of methoxy groups -OCH3 is 2. The summed E-state index contributed by atoms with van der Waals surface area (Å²) in [4.78, 5) is 24.6. The van der Waals surface area contributed by atoms with E-state index in [-0.39, 0.29) is 18.7 Å². The molecule has 0 bridgehead atoms. The number of esters is 2. The average Bonchev–Trinajstić information content (AvgIpc) is 3.58. The fraction of sp³-hybridized carbons (Fsp3) is 0.302. The van der Waals surface area contributed by atoms with Crippen LogP contribution >= 0.6 is 0 Å². The Kier molecular flexibility index (Phi) is 9.71. The van der Waals surface area contributed by atoms with Crippen LogP contribution < -0.4 is 28.4 Å². The Morgan fingerprint density at radius 3 is 1.25 bits per heavy atom. The van der Waals surface area contributed by atoms with Gasteiger partial charge in [0.15, 0.2) is 23.0 Å². The molecule has 0 radical (unpaired) electrons. The van der Waals surface area contributed by atoms with Crippen LogP contribution in [-0.4, -0.2) is 33.0 Å². The second-order valence-electron chi connectivity index (χ2n) is 14.1. The van der Waals surface area contributed by atoms with Gasteiger partial charge in [0.05, 0.1) is 25.0 Å². The van der Waals surface area contributed by atoms with Gasteiger partial charge in [-0.05, 0) is 156 Å². The minimum absolute atomic E-state index is 0.210. The molecule has 0 saturated carbocycles. The standard InChI is InChI=1S/C22H24O4.C21H20O4/c1-6-22(2,3)21(23)26-18-8-7-14-9-16-12-19(24-4)20(25-5)13-17(16)10-15(14)11-18;1-4-21(2,3)20(22)25-17-6-5-13-7-15-10-18-19(24-12-23-18)11-16(15)8-14(13)9-17/h7-13H,6H2,1-5H3;5-11H,4,12H2,1-3H3. The maximum atomic E-state index is 12.3. The molecule has 1 aliphatic heterocycles. The minimum atomic E-state index is -0.498. The van der Waals surface area contributed by atoms with Crippen molar-refractivity contribution in [2.75, 3.05) is 21.0 Å². The van der Waals surface area contributed by atoms with Gasteiger partial charge < -0.3 is 28.4 Å². The highest BCUT2D eigenvalue weighted by molar-refractivity contribution is 6.01. The summed E-state index contributed by atoms with van der Waals surface area (Å²) in [5.74, 6) is 3.63. The van der Waals surface area contributed by atoms with Crippen LogP contribution in [0.2, 0.25) is 0 Å². The normalized spacial score (nSPS) is 12.5. The van der Waals surface area contributed by atoms with E-state index in [1.165, 1.54) is 0 Å². The van der Waals surface area contributed by atoms with E-state index in [1.807, 2.05) is 102 Å². The first-order valence-electron chi connectivity index (χ1n) is 17.2. The zero-order valence-electron chi connectivity index (χ0n) is 30.5. The smallest absolute Gasteiger partial charge is 0.316 e. The minimum Gasteiger partial charge on any atom is -0.493 e. The fourth-order valence-corrected chi connectivity index (χ4v) is 5.58. The van der Waals surface area contributed by atoms with Crippen molar-refractivity contribution in [3.63, 3.8) is 0 Å². The Morgan fingerprint density at radius 2 is 0.882 bits per heavy atom. The van der Waals surface area contributed by atoms with Crippen LogP contribution in [0.4, 0.5) is 0 Å². The molecule has 1 aliphatic rings. The Balaban J connectivity index is 0.000000176. The van der Waals surface area contributed by atoms with Gasteiger partial charge in [-0.1, -0.05) is 26.0 Å². The lowest BCUT2D eigenvalue weighted by Gasteiger charge is -2.20. The molecule has 0 fully saturated rings. The summed E-state index contributed by atoms with van der Waals surface area (Å²) in [5, 5.41) is 8.43. The summed E-state index contributed by atoms with van der Waals surface area (Å²) in [6, 6.07) is 27.6. The molecule has 51 heavy (non-hydrogen) atoms. The van der Waals surface area contributed by atoms with Crippen molar-refractivity contribution in [3.05, 3.63) is 84.9 Å². The molecule has 8 heteroatoms. The maximum Gasteiger partial charge on any atom is 0.316 e. The van der Waals surface area contributed by atoms with Crippen molar-refractivity contribution in [2.45, 2.75) is 54.4 Å². The van der Waals surface area contributed by atoms with Crippen LogP contribution in [0.25, 0.3) is 43.1 Å². The third kappa shape index (κ3) is 7.36. The molecular formula is C43H44O8. The summed E-state index contributed by atoms with van der Waals surface area (Å²) in [7, 11) is 3.25. The zero-order chi connectivity index (χ0) is 36.5. The molecule has 0 aromatic heterocycles. The van der Waals surface area contributed by atoms with Gasteiger partial charge in [0.2, 0.25) is 6.79 Å². The Hall–Kier alpha value is -5.50. The lowest BCUT2D eigenvalue weighted by Crippen LogP contribution is -2.28. The molecular weight excluding hydrogens is 644 g/mol. The molecule has 6 aromatic carbocycles. The lowest BCUT2D eigenvalue weighted by molar-refractivity contribution is -0.144. The van der Waals surface area contributed by atoms with Crippen molar-refractivity contribution in [2.24, 2.45) is 10.8 Å². The van der Waals surface area contributed by atoms with Crippen LogP contribution in [-0.2, 0) is 9.59 Å². The average molecular weight is 689 g/mol. The molecule has 8 nitrogen and oxygen atoms in total. The van der Waals surface area contributed by atoms with Crippen molar-refractivity contribution in [1.29, 1.82) is 0 Å². The van der Waals surface area contributed by atoms with E-state index in [1.54, 1.807) is 14.2 Å². The monoisotopic (exact) mass is 688 g/mol. The Morgan fingerprint density at radius 1 is 0.529 bits per heavy atom. The SMILES string of the molecule is CCC(C)(C)C(=O)Oc1ccc2cc3cc(OC)c(OC)cc3cc2c1.CCC(C)(C)C(=O)Oc1ccc2cc3cc4c(cc3cc2c1)OCO4. The van der Waals surface area contributed by atoms with Gasteiger partial charge >= 0.3 is 11.9 Å². The van der Waals surface area contributed by atoms with Crippen molar-refractivity contribution in [1.82, 2.24) is 0 Å². The second-order valence-corrected chi connectivity index (χ2v) is 14.1. The Bertz CT molecular complexity index is 2280. The third-order valence-electron chi connectivity index (χ3n) is 9.82. The first-order valence-corrected chi connectivity index (χ1v) is 17.2. The van der Waals surface area contributed by atoms with Crippen molar-refractivity contribution >= 4 is 55.0 Å². The fourth-order valence-electron chi connectivity index (χ4n) is 5.58. The molecule has 6 aromatic rings. The molecule has 0 amide bonds. The van der Waals surface area contributed by atoms with Gasteiger partial charge in [-0.15, -0.1) is 0 Å². The number of hydrogen-bond donors (Lipinski definition) is 0. The highest BCUT2D eigenvalue weighted by Crippen LogP contribution is 2.39. The molecule has 0 aliphatic carbocycles. The first-order chi connectivity index (χ1) is 24.3. The summed E-state index contributed by atoms with van der Waals surface area (Å²) >= 11 is 0. The van der Waals surface area contributed by atoms with Crippen LogP contribution in [0.1, 0.15) is 54.4 Å². The van der Waals surface area contributed by atoms with Crippen molar-refractivity contribution in [3.8, 4) is 34.5 Å². The number of fused-ring (bicyclic) bond motifs is 5. The van der Waals surface area contributed by atoms with Gasteiger partial charge in [-0.2, -0.15) is 0 Å². The van der Waals surface area contributed by atoms with Gasteiger partial charge in [0.25, 0.3) is 0 Å². The Labute approximate surface area is 298 Å². The molecule has 1 heterocycles. The first kappa shape index (κ1) is 35.3. The van der Waals surface area contributed by atoms with E-state index in [0.717, 1.165) is 67.4 Å². The van der Waals surface area contributed by atoms with E-state index in [2.05, 4.69) is 24.3 Å². The molecule has 0 unspecified atom stereocenters. The number of hydrogen-bond acceptors (Lipinski definition) is 8. The number of carbonyl (C=O) groups is 2. The predicted octanol–water partition coefficient (Wildman–Crippen LogP) is 10.4. The van der Waals surface area contributed by atoms with Crippen molar-refractivity contribution < 1.29 is 38.0 Å². The number of carbonyl (C=O) groups excluding carboxylic acids is 2. The summed E-state index contributed by atoms with van der Waals surface area (Å²) in [6.07, 6.45) is 1.46. The van der Waals surface area contributed by atoms with E-state index in [9.17, 15) is 9.59 Å². The van der Waals surface area contributed by atoms with E-state index in [4.69, 9.17) is 28.4 Å². The van der Waals surface area contributed by atoms with Gasteiger partial charge in [0.1, 0.15) is 11.5 Å². The number of benzene rings is 6. The summed E-state index contributed by atoms with van der Waals surface area (Å²) in [6.45, 7) is 11.8. The van der Waals surface area contributed by atoms with E-state index in [0.29, 0.717) is 23.0 Å². The molecule has 0 saturated heterocycles. The topological polar surface area (TPSA) is 89.5 Å².